The molecule has 2 nitrogen and oxygen atoms in total. The van der Waals surface area contributed by atoms with Gasteiger partial charge in [-0.1, -0.05) is 31.9 Å². The number of hydrogen-bond donors (Lipinski definition) is 1. The van der Waals surface area contributed by atoms with E-state index in [0.717, 1.165) is 31.6 Å². The first-order valence-electron chi connectivity index (χ1n) is 6.49. The van der Waals surface area contributed by atoms with E-state index in [0.29, 0.717) is 6.42 Å². The second-order valence-electron chi connectivity index (χ2n) is 5.09. The van der Waals surface area contributed by atoms with Gasteiger partial charge in [0.25, 0.3) is 0 Å². The van der Waals surface area contributed by atoms with Crippen LogP contribution in [0.25, 0.3) is 0 Å². The Morgan fingerprint density at radius 2 is 2.06 bits per heavy atom. The lowest BCUT2D eigenvalue weighted by Crippen LogP contribution is -2.35. The van der Waals surface area contributed by atoms with Crippen molar-refractivity contribution in [2.45, 2.75) is 58.8 Å². The lowest BCUT2D eigenvalue weighted by atomic mass is 9.68. The Hall–Kier alpha value is -0.790. The maximum Gasteiger partial charge on any atom is 0.309 e. The summed E-state index contributed by atoms with van der Waals surface area (Å²) in [7, 11) is 0. The Labute approximate surface area is 98.7 Å². The van der Waals surface area contributed by atoms with Crippen molar-refractivity contribution in [1.82, 2.24) is 0 Å². The van der Waals surface area contributed by atoms with Crippen LogP contribution in [-0.2, 0) is 4.79 Å². The van der Waals surface area contributed by atoms with Gasteiger partial charge in [0.05, 0.1) is 5.41 Å². The third-order valence-electron chi connectivity index (χ3n) is 3.96. The van der Waals surface area contributed by atoms with Gasteiger partial charge in [-0.2, -0.15) is 0 Å². The number of hydrogen-bond acceptors (Lipinski definition) is 1. The van der Waals surface area contributed by atoms with Gasteiger partial charge in [-0.05, 0) is 44.9 Å². The van der Waals surface area contributed by atoms with Gasteiger partial charge < -0.3 is 5.11 Å². The molecule has 1 aliphatic rings. The average Bonchev–Trinajstić information content (AvgIpc) is 2.28. The molecule has 92 valence electrons. The third kappa shape index (κ3) is 3.10. The molecule has 16 heavy (non-hydrogen) atoms. The molecule has 1 N–H and O–H groups in total. The zero-order valence-corrected chi connectivity index (χ0v) is 10.5. The standard InChI is InChI=1S/C14H24O2/c1-3-5-9-14(13(15)16)10-7-12(6-4-2)8-11-14/h3,5,12H,4,6-11H2,1-2H3,(H,15,16). The van der Waals surface area contributed by atoms with E-state index in [2.05, 4.69) is 6.92 Å². The van der Waals surface area contributed by atoms with Gasteiger partial charge in [0.2, 0.25) is 0 Å². The average molecular weight is 224 g/mol. The van der Waals surface area contributed by atoms with Crippen LogP contribution in [0.1, 0.15) is 58.8 Å². The Morgan fingerprint density at radius 1 is 1.44 bits per heavy atom. The summed E-state index contributed by atoms with van der Waals surface area (Å²) in [6.07, 6.45) is 11.1. The SMILES string of the molecule is CC=CCC1(C(=O)O)CCC(CCC)CC1. The van der Waals surface area contributed by atoms with E-state index in [9.17, 15) is 9.90 Å². The fourth-order valence-electron chi connectivity index (χ4n) is 2.78. The molecule has 1 fully saturated rings. The molecule has 0 bridgehead atoms. The number of carboxylic acid groups (broad SMARTS) is 1. The molecule has 1 saturated carbocycles. The predicted molar refractivity (Wildman–Crippen MR) is 66.4 cm³/mol. The van der Waals surface area contributed by atoms with Crippen LogP contribution in [0, 0.1) is 11.3 Å². The number of carbonyl (C=O) groups is 1. The summed E-state index contributed by atoms with van der Waals surface area (Å²) in [6, 6.07) is 0. The Balaban J connectivity index is 2.59. The molecule has 0 aliphatic heterocycles. The van der Waals surface area contributed by atoms with Crippen LogP contribution < -0.4 is 0 Å². The van der Waals surface area contributed by atoms with Crippen LogP contribution in [0.3, 0.4) is 0 Å². The minimum absolute atomic E-state index is 0.462. The van der Waals surface area contributed by atoms with Crippen molar-refractivity contribution in [1.29, 1.82) is 0 Å². The van der Waals surface area contributed by atoms with Crippen LogP contribution in [0.5, 0.6) is 0 Å². The summed E-state index contributed by atoms with van der Waals surface area (Å²) in [5, 5.41) is 9.40. The minimum atomic E-state index is -0.597. The summed E-state index contributed by atoms with van der Waals surface area (Å²) in [6.45, 7) is 4.16. The number of rotatable bonds is 5. The highest BCUT2D eigenvalue weighted by Gasteiger charge is 2.40. The minimum Gasteiger partial charge on any atom is -0.481 e. The smallest absolute Gasteiger partial charge is 0.309 e. The Kier molecular flexibility index (Phi) is 5.04. The Morgan fingerprint density at radius 3 is 2.50 bits per heavy atom. The number of aliphatic carboxylic acids is 1. The monoisotopic (exact) mass is 224 g/mol. The highest BCUT2D eigenvalue weighted by atomic mass is 16.4. The summed E-state index contributed by atoms with van der Waals surface area (Å²) >= 11 is 0. The molecule has 2 heteroatoms. The van der Waals surface area contributed by atoms with Crippen molar-refractivity contribution >= 4 is 5.97 Å². The van der Waals surface area contributed by atoms with E-state index >= 15 is 0 Å². The lowest BCUT2D eigenvalue weighted by molar-refractivity contribution is -0.151. The van der Waals surface area contributed by atoms with Crippen molar-refractivity contribution < 1.29 is 9.90 Å². The molecular weight excluding hydrogens is 200 g/mol. The van der Waals surface area contributed by atoms with Gasteiger partial charge in [-0.3, -0.25) is 4.79 Å². The first kappa shape index (κ1) is 13.3. The van der Waals surface area contributed by atoms with Crippen molar-refractivity contribution in [2.24, 2.45) is 11.3 Å². The molecule has 1 aliphatic carbocycles. The molecule has 0 unspecified atom stereocenters. The van der Waals surface area contributed by atoms with Gasteiger partial charge in [-0.15, -0.1) is 0 Å². The van der Waals surface area contributed by atoms with Crippen LogP contribution in [0.2, 0.25) is 0 Å². The second kappa shape index (κ2) is 6.07. The largest absolute Gasteiger partial charge is 0.481 e. The predicted octanol–water partition coefficient (Wildman–Crippen LogP) is 4.01. The maximum absolute atomic E-state index is 11.4. The molecule has 1 rings (SSSR count). The highest BCUT2D eigenvalue weighted by Crippen LogP contribution is 2.43. The summed E-state index contributed by atoms with van der Waals surface area (Å²) in [4.78, 5) is 11.4. The summed E-state index contributed by atoms with van der Waals surface area (Å²) < 4.78 is 0. The van der Waals surface area contributed by atoms with Crippen LogP contribution in [-0.4, -0.2) is 11.1 Å². The zero-order chi connectivity index (χ0) is 12.0. The summed E-state index contributed by atoms with van der Waals surface area (Å²) in [5.41, 5.74) is -0.462. The quantitative estimate of drug-likeness (QED) is 0.716. The molecule has 0 spiro atoms. The van der Waals surface area contributed by atoms with Gasteiger partial charge in [0.1, 0.15) is 0 Å². The molecule has 0 saturated heterocycles. The normalized spacial score (nSPS) is 30.8. The van der Waals surface area contributed by atoms with Crippen LogP contribution in [0.4, 0.5) is 0 Å². The molecule has 0 amide bonds. The van der Waals surface area contributed by atoms with E-state index in [1.54, 1.807) is 0 Å². The van der Waals surface area contributed by atoms with Crippen molar-refractivity contribution in [3.05, 3.63) is 12.2 Å². The van der Waals surface area contributed by atoms with Crippen molar-refractivity contribution in [3.8, 4) is 0 Å². The molecule has 0 aromatic rings. The zero-order valence-electron chi connectivity index (χ0n) is 10.5. The van der Waals surface area contributed by atoms with E-state index in [1.807, 2.05) is 19.1 Å². The fraction of sp³-hybridized carbons (Fsp3) is 0.786. The molecule has 0 radical (unpaired) electrons. The van der Waals surface area contributed by atoms with E-state index in [4.69, 9.17) is 0 Å². The molecule has 0 heterocycles. The van der Waals surface area contributed by atoms with E-state index in [-0.39, 0.29) is 0 Å². The first-order chi connectivity index (χ1) is 7.64. The first-order valence-corrected chi connectivity index (χ1v) is 6.49. The fourth-order valence-corrected chi connectivity index (χ4v) is 2.78. The highest BCUT2D eigenvalue weighted by molar-refractivity contribution is 5.75. The van der Waals surface area contributed by atoms with Crippen molar-refractivity contribution in [3.63, 3.8) is 0 Å². The van der Waals surface area contributed by atoms with Gasteiger partial charge in [0.15, 0.2) is 0 Å². The maximum atomic E-state index is 11.4. The van der Waals surface area contributed by atoms with Gasteiger partial charge >= 0.3 is 5.97 Å². The third-order valence-corrected chi connectivity index (χ3v) is 3.96. The van der Waals surface area contributed by atoms with Gasteiger partial charge in [-0.25, -0.2) is 0 Å². The number of allylic oxidation sites excluding steroid dienone is 2. The second-order valence-corrected chi connectivity index (χ2v) is 5.09. The van der Waals surface area contributed by atoms with E-state index < -0.39 is 11.4 Å². The van der Waals surface area contributed by atoms with Gasteiger partial charge in [0, 0.05) is 0 Å². The number of carboxylic acids is 1. The Bertz CT molecular complexity index is 247. The summed E-state index contributed by atoms with van der Waals surface area (Å²) in [5.74, 6) is 0.170. The molecule has 0 aromatic heterocycles. The topological polar surface area (TPSA) is 37.3 Å². The van der Waals surface area contributed by atoms with Crippen molar-refractivity contribution in [2.75, 3.05) is 0 Å². The van der Waals surface area contributed by atoms with E-state index in [1.165, 1.54) is 12.8 Å². The molecule has 0 aromatic carbocycles. The van der Waals surface area contributed by atoms with Crippen LogP contribution in [0.15, 0.2) is 12.2 Å². The lowest BCUT2D eigenvalue weighted by Gasteiger charge is -2.36. The molecular formula is C14H24O2. The molecule has 0 atom stereocenters. The van der Waals surface area contributed by atoms with Crippen LogP contribution >= 0.6 is 0 Å².